The van der Waals surface area contributed by atoms with Crippen molar-refractivity contribution >= 4 is 11.9 Å². The highest BCUT2D eigenvalue weighted by molar-refractivity contribution is 6.02. The number of benzene rings is 1. The molecule has 0 unspecified atom stereocenters. The van der Waals surface area contributed by atoms with Gasteiger partial charge in [0, 0.05) is 13.1 Å². The van der Waals surface area contributed by atoms with Gasteiger partial charge < -0.3 is 4.74 Å². The molecule has 1 amide bonds. The highest BCUT2D eigenvalue weighted by atomic mass is 16.5. The van der Waals surface area contributed by atoms with Gasteiger partial charge in [-0.25, -0.2) is 9.59 Å². The van der Waals surface area contributed by atoms with Gasteiger partial charge in [-0.3, -0.25) is 0 Å². The number of hydrogen-bond donors (Lipinski definition) is 0. The summed E-state index contributed by atoms with van der Waals surface area (Å²) in [5.74, 6) is -0.384. The minimum Gasteiger partial charge on any atom is -0.465 e. The van der Waals surface area contributed by atoms with Gasteiger partial charge in [0.25, 0.3) is 0 Å². The van der Waals surface area contributed by atoms with Crippen molar-refractivity contribution in [2.45, 2.75) is 38.5 Å². The van der Waals surface area contributed by atoms with E-state index < -0.39 is 5.97 Å². The number of amides is 1. The van der Waals surface area contributed by atoms with E-state index in [2.05, 4.69) is 5.01 Å². The Hall–Kier alpha value is -1.72. The topological polar surface area (TPSA) is 46.6 Å². The molecule has 2 heterocycles. The van der Waals surface area contributed by atoms with Gasteiger partial charge in [0.2, 0.25) is 0 Å². The fraction of sp³-hybridized carbons (Fsp3) is 0.579. The molecule has 0 bridgehead atoms. The maximum absolute atomic E-state index is 13.6. The molecule has 0 N–H and O–H groups in total. The first-order chi connectivity index (χ1) is 11.7. The summed E-state index contributed by atoms with van der Waals surface area (Å²) in [5.41, 5.74) is 0.877. The highest BCUT2D eigenvalue weighted by Crippen LogP contribution is 2.29. The zero-order valence-corrected chi connectivity index (χ0v) is 14.5. The van der Waals surface area contributed by atoms with E-state index in [0.717, 1.165) is 51.9 Å². The molecule has 0 saturated carbocycles. The molecular formula is C19H27N2O3+. The highest BCUT2D eigenvalue weighted by Gasteiger charge is 2.46. The molecule has 0 radical (unpaired) electrons. The van der Waals surface area contributed by atoms with E-state index in [1.54, 1.807) is 18.2 Å². The van der Waals surface area contributed by atoms with E-state index in [-0.39, 0.29) is 5.91 Å². The Balaban J connectivity index is 1.99. The third-order valence-electron chi connectivity index (χ3n) is 5.37. The lowest BCUT2D eigenvalue weighted by Gasteiger charge is -2.47. The van der Waals surface area contributed by atoms with Crippen LogP contribution < -0.4 is 0 Å². The molecule has 0 aliphatic carbocycles. The Morgan fingerprint density at radius 3 is 2.12 bits per heavy atom. The second kappa shape index (κ2) is 7.45. The van der Waals surface area contributed by atoms with Crippen LogP contribution in [0.5, 0.6) is 0 Å². The van der Waals surface area contributed by atoms with E-state index in [4.69, 9.17) is 4.74 Å². The molecule has 2 aliphatic heterocycles. The Kier molecular flexibility index (Phi) is 5.31. The third kappa shape index (κ3) is 3.10. The van der Waals surface area contributed by atoms with Crippen LogP contribution in [-0.2, 0) is 4.74 Å². The molecular weight excluding hydrogens is 304 g/mol. The number of nitrogens with zero attached hydrogens (tertiary/aromatic N) is 2. The Morgan fingerprint density at radius 1 is 0.917 bits per heavy atom. The molecule has 2 fully saturated rings. The van der Waals surface area contributed by atoms with Gasteiger partial charge in [-0.1, -0.05) is 18.6 Å². The molecule has 0 aromatic heterocycles. The van der Waals surface area contributed by atoms with Crippen molar-refractivity contribution in [3.05, 3.63) is 35.4 Å². The summed E-state index contributed by atoms with van der Waals surface area (Å²) in [4.78, 5) is 25.7. The smallest absolute Gasteiger partial charge is 0.366 e. The number of likely N-dealkylation sites (tertiary alicyclic amines) is 1. The van der Waals surface area contributed by atoms with E-state index in [0.29, 0.717) is 15.7 Å². The third-order valence-corrected chi connectivity index (χ3v) is 5.37. The maximum Gasteiger partial charge on any atom is 0.366 e. The van der Waals surface area contributed by atoms with Crippen LogP contribution in [0.1, 0.15) is 59.2 Å². The second-order valence-corrected chi connectivity index (χ2v) is 6.79. The lowest BCUT2D eigenvalue weighted by atomic mass is 10.0. The van der Waals surface area contributed by atoms with Crippen molar-refractivity contribution in [2.24, 2.45) is 0 Å². The molecule has 0 atom stereocenters. The first kappa shape index (κ1) is 17.1. The predicted molar refractivity (Wildman–Crippen MR) is 91.4 cm³/mol. The number of piperidine rings is 2. The quantitative estimate of drug-likeness (QED) is 0.631. The number of carbonyl (C=O) groups is 2. The fourth-order valence-corrected chi connectivity index (χ4v) is 4.09. The summed E-state index contributed by atoms with van der Waals surface area (Å²) in [6.45, 7) is 3.61. The number of rotatable bonds is 3. The summed E-state index contributed by atoms with van der Waals surface area (Å²) in [6, 6.07) is 7.07. The fourth-order valence-electron chi connectivity index (χ4n) is 4.09. The van der Waals surface area contributed by atoms with Crippen molar-refractivity contribution in [3.63, 3.8) is 0 Å². The Labute approximate surface area is 143 Å². The van der Waals surface area contributed by atoms with E-state index >= 15 is 0 Å². The molecule has 130 valence electrons. The van der Waals surface area contributed by atoms with Crippen LogP contribution in [0.2, 0.25) is 0 Å². The minimum atomic E-state index is -0.437. The Bertz CT molecular complexity index is 602. The van der Waals surface area contributed by atoms with Crippen LogP contribution in [0.25, 0.3) is 0 Å². The van der Waals surface area contributed by atoms with Gasteiger partial charge in [-0.2, -0.15) is 4.59 Å². The van der Waals surface area contributed by atoms with Crippen LogP contribution in [0.4, 0.5) is 0 Å². The first-order valence-electron chi connectivity index (χ1n) is 9.04. The Morgan fingerprint density at radius 2 is 1.50 bits per heavy atom. The van der Waals surface area contributed by atoms with E-state index in [9.17, 15) is 9.59 Å². The maximum atomic E-state index is 13.6. The average molecular weight is 331 g/mol. The zero-order valence-electron chi connectivity index (χ0n) is 14.5. The normalized spacial score (nSPS) is 21.2. The van der Waals surface area contributed by atoms with Crippen molar-refractivity contribution in [1.29, 1.82) is 0 Å². The second-order valence-electron chi connectivity index (χ2n) is 6.79. The average Bonchev–Trinajstić information content (AvgIpc) is 2.68. The van der Waals surface area contributed by atoms with Gasteiger partial charge in [0.05, 0.1) is 18.2 Å². The molecule has 24 heavy (non-hydrogen) atoms. The monoisotopic (exact) mass is 331 g/mol. The van der Waals surface area contributed by atoms with Gasteiger partial charge in [0.15, 0.2) is 0 Å². The number of methoxy groups -OCH3 is 1. The van der Waals surface area contributed by atoms with Gasteiger partial charge in [-0.05, 0) is 44.2 Å². The molecule has 3 rings (SSSR count). The largest absolute Gasteiger partial charge is 0.465 e. The van der Waals surface area contributed by atoms with Crippen molar-refractivity contribution in [1.82, 2.24) is 5.01 Å². The van der Waals surface area contributed by atoms with Gasteiger partial charge >= 0.3 is 11.9 Å². The predicted octanol–water partition coefficient (Wildman–Crippen LogP) is 3.02. The summed E-state index contributed by atoms with van der Waals surface area (Å²) >= 11 is 0. The number of hydrogen-bond acceptors (Lipinski definition) is 4. The number of ether oxygens (including phenoxy) is 1. The van der Waals surface area contributed by atoms with Crippen molar-refractivity contribution < 1.29 is 18.9 Å². The molecule has 2 saturated heterocycles. The van der Waals surface area contributed by atoms with Crippen LogP contribution in [0.15, 0.2) is 24.3 Å². The number of esters is 1. The summed E-state index contributed by atoms with van der Waals surface area (Å²) < 4.78 is 5.26. The zero-order chi connectivity index (χ0) is 17.0. The summed E-state index contributed by atoms with van der Waals surface area (Å²) in [7, 11) is 1.36. The first-order valence-corrected chi connectivity index (χ1v) is 9.04. The van der Waals surface area contributed by atoms with Gasteiger partial charge in [-0.15, -0.1) is 5.01 Å². The molecule has 5 heteroatoms. The van der Waals surface area contributed by atoms with Crippen LogP contribution >= 0.6 is 0 Å². The SMILES string of the molecule is COC(=O)c1ccccc1C(=O)[N+]1(N2CCCCC2)CCCCC1. The summed E-state index contributed by atoms with van der Waals surface area (Å²) in [5, 5.41) is 2.35. The van der Waals surface area contributed by atoms with Crippen molar-refractivity contribution in [3.8, 4) is 0 Å². The van der Waals surface area contributed by atoms with Crippen LogP contribution in [-0.4, -0.2) is 54.8 Å². The van der Waals surface area contributed by atoms with E-state index in [1.165, 1.54) is 20.0 Å². The summed E-state index contributed by atoms with van der Waals surface area (Å²) in [6.07, 6.45) is 6.83. The lowest BCUT2D eigenvalue weighted by molar-refractivity contribution is -0.970. The number of carbonyl (C=O) groups excluding carboxylic acids is 2. The van der Waals surface area contributed by atoms with Crippen molar-refractivity contribution in [2.75, 3.05) is 33.3 Å². The van der Waals surface area contributed by atoms with Gasteiger partial charge in [0.1, 0.15) is 13.1 Å². The molecule has 2 aliphatic rings. The molecule has 1 aromatic rings. The minimum absolute atomic E-state index is 0.0533. The molecule has 0 spiro atoms. The lowest BCUT2D eigenvalue weighted by Crippen LogP contribution is -2.66. The van der Waals surface area contributed by atoms with Crippen LogP contribution in [0.3, 0.4) is 0 Å². The van der Waals surface area contributed by atoms with E-state index in [1.807, 2.05) is 6.07 Å². The molecule has 5 nitrogen and oxygen atoms in total. The molecule has 1 aromatic carbocycles. The van der Waals surface area contributed by atoms with Crippen LogP contribution in [0, 0.1) is 0 Å². The number of quaternary nitrogens is 1. The standard InChI is InChI=1S/C19H27N2O3/c1-24-19(23)17-11-5-4-10-16(17)18(22)21(14-8-3-9-15-21)20-12-6-2-7-13-20/h4-5,10-11H,2-3,6-9,12-15H2,1H3/q+1.